The van der Waals surface area contributed by atoms with Crippen molar-refractivity contribution in [1.29, 1.82) is 0 Å². The lowest BCUT2D eigenvalue weighted by molar-refractivity contribution is -0.131. The second-order valence-corrected chi connectivity index (χ2v) is 5.27. The van der Waals surface area contributed by atoms with Crippen molar-refractivity contribution in [3.63, 3.8) is 0 Å². The fourth-order valence-electron chi connectivity index (χ4n) is 2.23. The average Bonchev–Trinajstić information content (AvgIpc) is 2.54. The molecule has 0 aromatic heterocycles. The van der Waals surface area contributed by atoms with Crippen LogP contribution in [0.4, 0.5) is 0 Å². The van der Waals surface area contributed by atoms with Gasteiger partial charge in [0.15, 0.2) is 0 Å². The summed E-state index contributed by atoms with van der Waals surface area (Å²) in [6.07, 6.45) is 1.88. The van der Waals surface area contributed by atoms with Gasteiger partial charge in [-0.15, -0.1) is 0 Å². The standard InChI is InChI=1S/C19H20O6/c1-3-24-15-7-8-16(19(11-15)25-12(2)20)17(22)9-5-13-4-6-14(21)10-18(13)23/h4-11,17,21-23H,3H2,1-2H3. The lowest BCUT2D eigenvalue weighted by atomic mass is 10.1. The summed E-state index contributed by atoms with van der Waals surface area (Å²) in [6, 6.07) is 8.95. The highest BCUT2D eigenvalue weighted by molar-refractivity contribution is 5.70. The molecule has 0 aliphatic carbocycles. The van der Waals surface area contributed by atoms with Crippen LogP contribution in [0.5, 0.6) is 23.0 Å². The third-order valence-electron chi connectivity index (χ3n) is 3.34. The van der Waals surface area contributed by atoms with Gasteiger partial charge in [0.25, 0.3) is 0 Å². The number of aromatic hydroxyl groups is 2. The number of carbonyl (C=O) groups excluding carboxylic acids is 1. The van der Waals surface area contributed by atoms with E-state index >= 15 is 0 Å². The van der Waals surface area contributed by atoms with Gasteiger partial charge in [-0.05, 0) is 31.2 Å². The first-order chi connectivity index (χ1) is 11.9. The fraction of sp³-hybridized carbons (Fsp3) is 0.211. The van der Waals surface area contributed by atoms with Crippen molar-refractivity contribution in [3.05, 3.63) is 53.6 Å². The molecule has 0 radical (unpaired) electrons. The van der Waals surface area contributed by atoms with E-state index in [9.17, 15) is 20.1 Å². The minimum Gasteiger partial charge on any atom is -0.508 e. The van der Waals surface area contributed by atoms with Crippen LogP contribution in [0.1, 0.15) is 31.1 Å². The summed E-state index contributed by atoms with van der Waals surface area (Å²) in [7, 11) is 0. The number of aliphatic hydroxyl groups is 1. The Labute approximate surface area is 145 Å². The second kappa shape index (κ2) is 8.21. The molecular weight excluding hydrogens is 324 g/mol. The van der Waals surface area contributed by atoms with Gasteiger partial charge in [-0.3, -0.25) is 4.79 Å². The summed E-state index contributed by atoms with van der Waals surface area (Å²) in [6.45, 7) is 3.57. The Morgan fingerprint density at radius 1 is 1.20 bits per heavy atom. The maximum absolute atomic E-state index is 11.3. The van der Waals surface area contributed by atoms with Crippen molar-refractivity contribution >= 4 is 12.0 Å². The molecule has 1 atom stereocenters. The molecular formula is C19H20O6. The van der Waals surface area contributed by atoms with Crippen molar-refractivity contribution in [2.45, 2.75) is 20.0 Å². The molecule has 2 aromatic carbocycles. The molecule has 0 fully saturated rings. The Hall–Kier alpha value is -2.99. The summed E-state index contributed by atoms with van der Waals surface area (Å²) in [5.41, 5.74) is 0.810. The smallest absolute Gasteiger partial charge is 0.308 e. The van der Waals surface area contributed by atoms with Crippen molar-refractivity contribution < 1.29 is 29.6 Å². The molecule has 0 amide bonds. The topological polar surface area (TPSA) is 96.2 Å². The molecule has 0 aliphatic rings. The number of esters is 1. The van der Waals surface area contributed by atoms with Crippen molar-refractivity contribution in [3.8, 4) is 23.0 Å². The number of rotatable bonds is 6. The van der Waals surface area contributed by atoms with Crippen molar-refractivity contribution in [2.24, 2.45) is 0 Å². The summed E-state index contributed by atoms with van der Waals surface area (Å²) >= 11 is 0. The molecule has 1 unspecified atom stereocenters. The van der Waals surface area contributed by atoms with Crippen LogP contribution < -0.4 is 9.47 Å². The lowest BCUT2D eigenvalue weighted by Crippen LogP contribution is -2.06. The van der Waals surface area contributed by atoms with E-state index in [2.05, 4.69) is 0 Å². The zero-order chi connectivity index (χ0) is 18.4. The number of hydrogen-bond donors (Lipinski definition) is 3. The van der Waals surface area contributed by atoms with Crippen LogP contribution in [-0.2, 0) is 4.79 Å². The van der Waals surface area contributed by atoms with E-state index in [1.54, 1.807) is 12.1 Å². The predicted molar refractivity (Wildman–Crippen MR) is 92.7 cm³/mol. The quantitative estimate of drug-likeness (QED) is 0.550. The van der Waals surface area contributed by atoms with Gasteiger partial charge in [0.05, 0.1) is 6.61 Å². The number of carbonyl (C=O) groups is 1. The number of benzene rings is 2. The Morgan fingerprint density at radius 2 is 1.96 bits per heavy atom. The summed E-state index contributed by atoms with van der Waals surface area (Å²) < 4.78 is 10.5. The number of hydrogen-bond acceptors (Lipinski definition) is 6. The minimum absolute atomic E-state index is 0.0566. The summed E-state index contributed by atoms with van der Waals surface area (Å²) in [5, 5.41) is 29.4. The normalized spacial score (nSPS) is 12.1. The van der Waals surface area contributed by atoms with Crippen LogP contribution in [0.2, 0.25) is 0 Å². The number of aliphatic hydroxyl groups excluding tert-OH is 1. The highest BCUT2D eigenvalue weighted by atomic mass is 16.5. The largest absolute Gasteiger partial charge is 0.508 e. The molecule has 0 heterocycles. The molecule has 132 valence electrons. The highest BCUT2D eigenvalue weighted by Gasteiger charge is 2.14. The zero-order valence-corrected chi connectivity index (χ0v) is 14.0. The average molecular weight is 344 g/mol. The molecule has 0 bridgehead atoms. The number of phenolic OH excluding ortho intramolecular Hbond substituents is 2. The highest BCUT2D eigenvalue weighted by Crippen LogP contribution is 2.32. The molecule has 0 saturated carbocycles. The van der Waals surface area contributed by atoms with E-state index in [0.29, 0.717) is 23.5 Å². The van der Waals surface area contributed by atoms with E-state index in [1.807, 2.05) is 6.92 Å². The van der Waals surface area contributed by atoms with Crippen LogP contribution in [0.15, 0.2) is 42.5 Å². The van der Waals surface area contributed by atoms with E-state index in [4.69, 9.17) is 9.47 Å². The van der Waals surface area contributed by atoms with Crippen LogP contribution in [0.3, 0.4) is 0 Å². The monoisotopic (exact) mass is 344 g/mol. The van der Waals surface area contributed by atoms with E-state index in [0.717, 1.165) is 0 Å². The molecule has 3 N–H and O–H groups in total. The Balaban J connectivity index is 2.28. The number of phenols is 2. The van der Waals surface area contributed by atoms with Crippen LogP contribution in [-0.4, -0.2) is 27.9 Å². The maximum Gasteiger partial charge on any atom is 0.308 e. The lowest BCUT2D eigenvalue weighted by Gasteiger charge is -2.14. The summed E-state index contributed by atoms with van der Waals surface area (Å²) in [5.74, 6) is 0.0388. The van der Waals surface area contributed by atoms with E-state index in [1.165, 1.54) is 43.3 Å². The fourth-order valence-corrected chi connectivity index (χ4v) is 2.23. The molecule has 25 heavy (non-hydrogen) atoms. The van der Waals surface area contributed by atoms with Crippen molar-refractivity contribution in [1.82, 2.24) is 0 Å². The Morgan fingerprint density at radius 3 is 2.60 bits per heavy atom. The molecule has 0 saturated heterocycles. The third-order valence-corrected chi connectivity index (χ3v) is 3.34. The first kappa shape index (κ1) is 18.4. The van der Waals surface area contributed by atoms with Gasteiger partial charge < -0.3 is 24.8 Å². The van der Waals surface area contributed by atoms with Gasteiger partial charge in [0, 0.05) is 30.2 Å². The molecule has 6 nitrogen and oxygen atoms in total. The van der Waals surface area contributed by atoms with Crippen LogP contribution >= 0.6 is 0 Å². The van der Waals surface area contributed by atoms with E-state index < -0.39 is 12.1 Å². The predicted octanol–water partition coefficient (Wildman–Crippen LogP) is 3.17. The van der Waals surface area contributed by atoms with Crippen LogP contribution in [0.25, 0.3) is 6.08 Å². The van der Waals surface area contributed by atoms with Crippen molar-refractivity contribution in [2.75, 3.05) is 6.61 Å². The third kappa shape index (κ3) is 4.99. The van der Waals surface area contributed by atoms with E-state index in [-0.39, 0.29) is 17.2 Å². The minimum atomic E-state index is -1.07. The SMILES string of the molecule is CCOc1ccc(C(O)C=Cc2ccc(O)cc2O)c(OC(C)=O)c1. The Bertz CT molecular complexity index is 781. The number of ether oxygens (including phenoxy) is 2. The van der Waals surface area contributed by atoms with Gasteiger partial charge in [-0.1, -0.05) is 12.2 Å². The Kier molecular flexibility index (Phi) is 6.03. The summed E-state index contributed by atoms with van der Waals surface area (Å²) in [4.78, 5) is 11.3. The second-order valence-electron chi connectivity index (χ2n) is 5.27. The molecule has 6 heteroatoms. The molecule has 0 spiro atoms. The van der Waals surface area contributed by atoms with Crippen LogP contribution in [0, 0.1) is 0 Å². The first-order valence-electron chi connectivity index (χ1n) is 7.74. The first-order valence-corrected chi connectivity index (χ1v) is 7.74. The van der Waals surface area contributed by atoms with Gasteiger partial charge in [-0.25, -0.2) is 0 Å². The zero-order valence-electron chi connectivity index (χ0n) is 14.0. The van der Waals surface area contributed by atoms with Gasteiger partial charge in [0.1, 0.15) is 29.1 Å². The van der Waals surface area contributed by atoms with Gasteiger partial charge in [-0.2, -0.15) is 0 Å². The van der Waals surface area contributed by atoms with Gasteiger partial charge in [0.2, 0.25) is 0 Å². The molecule has 2 rings (SSSR count). The van der Waals surface area contributed by atoms with Gasteiger partial charge >= 0.3 is 5.97 Å². The maximum atomic E-state index is 11.3. The molecule has 2 aromatic rings. The molecule has 0 aliphatic heterocycles.